The van der Waals surface area contributed by atoms with Crippen LogP contribution in [-0.2, 0) is 9.53 Å². The van der Waals surface area contributed by atoms with Gasteiger partial charge in [0.15, 0.2) is 0 Å². The Morgan fingerprint density at radius 1 is 1.40 bits per heavy atom. The summed E-state index contributed by atoms with van der Waals surface area (Å²) in [6, 6.07) is 1.22. The van der Waals surface area contributed by atoms with E-state index in [0.717, 1.165) is 12.0 Å². The summed E-state index contributed by atoms with van der Waals surface area (Å²) in [6.45, 7) is 15.1. The third kappa shape index (κ3) is 5.77. The Kier molecular flexibility index (Phi) is 5.87. The van der Waals surface area contributed by atoms with E-state index in [1.807, 2.05) is 0 Å². The van der Waals surface area contributed by atoms with E-state index in [-0.39, 0.29) is 5.97 Å². The van der Waals surface area contributed by atoms with Crippen molar-refractivity contribution in [3.63, 3.8) is 0 Å². The fourth-order valence-corrected chi connectivity index (χ4v) is 2.74. The van der Waals surface area contributed by atoms with Gasteiger partial charge in [-0.3, -0.25) is 0 Å². The van der Waals surface area contributed by atoms with Gasteiger partial charge in [-0.15, -0.1) is 0 Å². The lowest BCUT2D eigenvalue weighted by molar-refractivity contribution is -0.138. The first-order valence-corrected chi connectivity index (χ1v) is 8.88. The summed E-state index contributed by atoms with van der Waals surface area (Å²) in [4.78, 5) is 11.1. The summed E-state index contributed by atoms with van der Waals surface area (Å²) < 4.78 is 5.06. The Hall–Kier alpha value is -0.573. The zero-order chi connectivity index (χ0) is 12.1. The van der Waals surface area contributed by atoms with Crippen LogP contribution < -0.4 is 0 Å². The molecule has 0 bridgehead atoms. The van der Waals surface area contributed by atoms with Crippen molar-refractivity contribution >= 4 is 14.0 Å². The van der Waals surface area contributed by atoms with Crippen LogP contribution in [0, 0.1) is 0 Å². The van der Waals surface area contributed by atoms with Crippen LogP contribution in [0.25, 0.3) is 0 Å². The number of esters is 1. The monoisotopic (exact) mass is 228 g/mol. The molecule has 0 spiro atoms. The first-order valence-electron chi connectivity index (χ1n) is 5.60. The maximum Gasteiger partial charge on any atom is 0.333 e. The van der Waals surface area contributed by atoms with Gasteiger partial charge < -0.3 is 4.74 Å². The van der Waals surface area contributed by atoms with Gasteiger partial charge in [-0.1, -0.05) is 45.1 Å². The number of carbonyl (C=O) groups excluding carboxylic acids is 1. The average molecular weight is 228 g/mol. The van der Waals surface area contributed by atoms with Crippen LogP contribution in [-0.4, -0.2) is 20.7 Å². The van der Waals surface area contributed by atoms with Crippen LogP contribution in [0.3, 0.4) is 0 Å². The van der Waals surface area contributed by atoms with E-state index in [1.54, 1.807) is 6.92 Å². The topological polar surface area (TPSA) is 26.3 Å². The zero-order valence-corrected chi connectivity index (χ0v) is 11.7. The number of hydrogen-bond donors (Lipinski definition) is 0. The van der Waals surface area contributed by atoms with Gasteiger partial charge in [-0.2, -0.15) is 0 Å². The lowest BCUT2D eigenvalue weighted by Crippen LogP contribution is -2.29. The van der Waals surface area contributed by atoms with Crippen LogP contribution in [0.5, 0.6) is 0 Å². The molecule has 0 aromatic carbocycles. The molecule has 0 fully saturated rings. The highest BCUT2D eigenvalue weighted by Gasteiger charge is 2.24. The molecule has 0 amide bonds. The van der Waals surface area contributed by atoms with Crippen LogP contribution in [0.15, 0.2) is 12.2 Å². The number of rotatable bonds is 6. The Morgan fingerprint density at radius 3 is 2.33 bits per heavy atom. The second kappa shape index (κ2) is 6.11. The fourth-order valence-electron chi connectivity index (χ4n) is 1.10. The predicted octanol–water partition coefficient (Wildman–Crippen LogP) is 3.61. The third-order valence-electron chi connectivity index (χ3n) is 3.11. The molecular formula is C12H24O2Si. The molecule has 0 saturated carbocycles. The molecule has 3 heteroatoms. The number of hydrogen-bond acceptors (Lipinski definition) is 2. The van der Waals surface area contributed by atoms with Gasteiger partial charge in [0.25, 0.3) is 0 Å². The third-order valence-corrected chi connectivity index (χ3v) is 7.88. The normalized spacial score (nSPS) is 11.6. The highest BCUT2D eigenvalue weighted by atomic mass is 28.3. The first kappa shape index (κ1) is 14.4. The Balaban J connectivity index is 3.72. The Labute approximate surface area is 94.7 Å². The second-order valence-electron chi connectivity index (χ2n) is 5.16. The maximum atomic E-state index is 11.1. The van der Waals surface area contributed by atoms with Gasteiger partial charge in [-0.05, 0) is 13.3 Å². The van der Waals surface area contributed by atoms with E-state index in [0.29, 0.717) is 12.2 Å². The second-order valence-corrected chi connectivity index (χ2v) is 10.8. The summed E-state index contributed by atoms with van der Waals surface area (Å²) in [5.74, 6) is -0.265. The number of carbonyl (C=O) groups is 1. The molecule has 0 saturated heterocycles. The van der Waals surface area contributed by atoms with Gasteiger partial charge in [0.2, 0.25) is 0 Å². The van der Waals surface area contributed by atoms with Crippen LogP contribution in [0.2, 0.25) is 24.7 Å². The zero-order valence-electron chi connectivity index (χ0n) is 10.7. The van der Waals surface area contributed by atoms with Crippen molar-refractivity contribution in [3.8, 4) is 0 Å². The van der Waals surface area contributed by atoms with E-state index in [1.165, 1.54) is 6.04 Å². The van der Waals surface area contributed by atoms with E-state index in [4.69, 9.17) is 4.74 Å². The van der Waals surface area contributed by atoms with E-state index < -0.39 is 8.07 Å². The molecule has 0 aliphatic carbocycles. The molecule has 0 N–H and O–H groups in total. The van der Waals surface area contributed by atoms with Crippen LogP contribution >= 0.6 is 0 Å². The van der Waals surface area contributed by atoms with Gasteiger partial charge in [0, 0.05) is 5.57 Å². The average Bonchev–Trinajstić information content (AvgIpc) is 2.11. The minimum atomic E-state index is -1.09. The lowest BCUT2D eigenvalue weighted by Gasteiger charge is -2.26. The summed E-state index contributed by atoms with van der Waals surface area (Å²) in [5.41, 5.74) is 1.27. The summed E-state index contributed by atoms with van der Waals surface area (Å²) in [7, 11) is -1.09. The van der Waals surface area contributed by atoms with Gasteiger partial charge in [0.1, 0.15) is 0 Å². The van der Waals surface area contributed by atoms with E-state index in [2.05, 4.69) is 33.5 Å². The molecule has 0 aliphatic heterocycles. The molecule has 0 radical (unpaired) electrons. The van der Waals surface area contributed by atoms with Crippen molar-refractivity contribution in [1.82, 2.24) is 0 Å². The quantitative estimate of drug-likeness (QED) is 0.300. The lowest BCUT2D eigenvalue weighted by atomic mass is 10.4. The summed E-state index contributed by atoms with van der Waals surface area (Å²) in [6.07, 6.45) is 0.983. The Bertz CT molecular complexity index is 232. The molecule has 0 aromatic rings. The molecule has 2 nitrogen and oxygen atoms in total. The summed E-state index contributed by atoms with van der Waals surface area (Å²) in [5, 5.41) is 0. The Morgan fingerprint density at radius 2 is 1.93 bits per heavy atom. The van der Waals surface area contributed by atoms with Gasteiger partial charge in [-0.25, -0.2) is 4.79 Å². The highest BCUT2D eigenvalue weighted by Crippen LogP contribution is 2.25. The molecule has 0 atom stereocenters. The van der Waals surface area contributed by atoms with Crippen molar-refractivity contribution < 1.29 is 9.53 Å². The SMILES string of the molecule is C=C(C)C(=O)OCCC[Si](C)(C)C(C)C. The largest absolute Gasteiger partial charge is 0.462 e. The molecule has 15 heavy (non-hydrogen) atoms. The molecule has 0 aliphatic rings. The minimum Gasteiger partial charge on any atom is -0.462 e. The highest BCUT2D eigenvalue weighted by molar-refractivity contribution is 6.78. The molecule has 0 rings (SSSR count). The van der Waals surface area contributed by atoms with E-state index >= 15 is 0 Å². The molecular weight excluding hydrogens is 204 g/mol. The van der Waals surface area contributed by atoms with Crippen molar-refractivity contribution in [3.05, 3.63) is 12.2 Å². The van der Waals surface area contributed by atoms with Crippen LogP contribution in [0.1, 0.15) is 27.2 Å². The first-order chi connectivity index (χ1) is 6.77. The standard InChI is InChI=1S/C12H24O2Si/c1-10(2)12(13)14-8-7-9-15(5,6)11(3)4/h11H,1,7-9H2,2-6H3. The molecule has 0 unspecified atom stereocenters. The molecule has 0 heterocycles. The smallest absolute Gasteiger partial charge is 0.333 e. The number of ether oxygens (including phenoxy) is 1. The van der Waals surface area contributed by atoms with Gasteiger partial charge in [0.05, 0.1) is 14.7 Å². The maximum absolute atomic E-state index is 11.1. The molecule has 88 valence electrons. The predicted molar refractivity (Wildman–Crippen MR) is 67.8 cm³/mol. The van der Waals surface area contributed by atoms with Crippen molar-refractivity contribution in [2.45, 2.75) is 51.9 Å². The summed E-state index contributed by atoms with van der Waals surface area (Å²) >= 11 is 0. The van der Waals surface area contributed by atoms with Crippen molar-refractivity contribution in [2.24, 2.45) is 0 Å². The van der Waals surface area contributed by atoms with Crippen molar-refractivity contribution in [2.75, 3.05) is 6.61 Å². The fraction of sp³-hybridized carbons (Fsp3) is 0.750. The van der Waals surface area contributed by atoms with E-state index in [9.17, 15) is 4.79 Å². The minimum absolute atomic E-state index is 0.265. The van der Waals surface area contributed by atoms with Crippen LogP contribution in [0.4, 0.5) is 0 Å². The van der Waals surface area contributed by atoms with Gasteiger partial charge >= 0.3 is 5.97 Å². The van der Waals surface area contributed by atoms with Crippen molar-refractivity contribution in [1.29, 1.82) is 0 Å². The molecule has 0 aromatic heterocycles.